The minimum Gasteiger partial charge on any atom is -0.298 e. The number of hydrogen-bond donors (Lipinski definition) is 0. The highest BCUT2D eigenvalue weighted by Crippen LogP contribution is 2.23. The summed E-state index contributed by atoms with van der Waals surface area (Å²) in [5.74, 6) is 0.176. The van der Waals surface area contributed by atoms with Crippen LogP contribution < -0.4 is 5.56 Å². The van der Waals surface area contributed by atoms with Crippen LogP contribution in [0.3, 0.4) is 0 Å². The molecule has 1 unspecified atom stereocenters. The number of aromatic nitrogens is 2. The fourth-order valence-electron chi connectivity index (χ4n) is 3.86. The maximum Gasteiger partial charge on any atom is 0.261 e. The summed E-state index contributed by atoms with van der Waals surface area (Å²) in [7, 11) is -1.96. The Morgan fingerprint density at radius 3 is 2.30 bits per heavy atom. The number of halogens is 1. The number of nitrogens with zero attached hydrogens (tertiary/aromatic N) is 4. The quantitative estimate of drug-likeness (QED) is 0.634. The number of sulfonamides is 1. The first-order chi connectivity index (χ1) is 14.3. The first kappa shape index (κ1) is 20.6. The molecule has 1 saturated heterocycles. The van der Waals surface area contributed by atoms with Crippen LogP contribution in [0.25, 0.3) is 10.9 Å². The van der Waals surface area contributed by atoms with Crippen molar-refractivity contribution in [3.8, 4) is 0 Å². The first-order valence-corrected chi connectivity index (χ1v) is 11.2. The zero-order chi connectivity index (χ0) is 21.5. The molecule has 1 aliphatic heterocycles. The van der Waals surface area contributed by atoms with E-state index in [2.05, 4.69) is 9.88 Å². The number of fused-ring (bicyclic) bond motifs is 1. The zero-order valence-corrected chi connectivity index (χ0v) is 17.6. The molecule has 0 bridgehead atoms. The molecule has 0 saturated carbocycles. The van der Waals surface area contributed by atoms with Gasteiger partial charge in [-0.3, -0.25) is 14.3 Å². The highest BCUT2D eigenvalue weighted by molar-refractivity contribution is 7.89. The van der Waals surface area contributed by atoms with Crippen molar-refractivity contribution < 1.29 is 12.8 Å². The lowest BCUT2D eigenvalue weighted by molar-refractivity contribution is 0.139. The van der Waals surface area contributed by atoms with E-state index in [4.69, 9.17) is 0 Å². The molecule has 1 atom stereocenters. The molecule has 3 aromatic rings. The summed E-state index contributed by atoms with van der Waals surface area (Å²) in [4.78, 5) is 19.6. The van der Waals surface area contributed by atoms with Crippen LogP contribution in [0.4, 0.5) is 4.39 Å². The third-order valence-electron chi connectivity index (χ3n) is 5.66. The lowest BCUT2D eigenvalue weighted by Gasteiger charge is -2.37. The number of rotatable bonds is 4. The Morgan fingerprint density at radius 2 is 1.63 bits per heavy atom. The lowest BCUT2D eigenvalue weighted by atomic mass is 10.2. The molecule has 30 heavy (non-hydrogen) atoms. The Balaban J connectivity index is 1.53. The van der Waals surface area contributed by atoms with Gasteiger partial charge in [-0.05, 0) is 43.3 Å². The molecule has 1 fully saturated rings. The second-order valence-electron chi connectivity index (χ2n) is 7.42. The second kappa shape index (κ2) is 7.90. The molecule has 2 aromatic carbocycles. The van der Waals surface area contributed by atoms with Gasteiger partial charge in [0.05, 0.1) is 21.8 Å². The fourth-order valence-corrected chi connectivity index (χ4v) is 5.28. The summed E-state index contributed by atoms with van der Waals surface area (Å²) in [6.45, 7) is 3.60. The molecule has 4 rings (SSSR count). The molecular weight excluding hydrogens is 407 g/mol. The largest absolute Gasteiger partial charge is 0.298 e. The van der Waals surface area contributed by atoms with Gasteiger partial charge in [0.2, 0.25) is 10.0 Å². The van der Waals surface area contributed by atoms with Gasteiger partial charge in [0.15, 0.2) is 0 Å². The van der Waals surface area contributed by atoms with Crippen molar-refractivity contribution in [2.45, 2.75) is 17.9 Å². The van der Waals surface area contributed by atoms with Gasteiger partial charge in [-0.25, -0.2) is 17.8 Å². The molecule has 0 amide bonds. The monoisotopic (exact) mass is 430 g/mol. The van der Waals surface area contributed by atoms with Gasteiger partial charge in [-0.1, -0.05) is 12.1 Å². The van der Waals surface area contributed by atoms with E-state index in [0.29, 0.717) is 42.9 Å². The van der Waals surface area contributed by atoms with Crippen LogP contribution in [0.1, 0.15) is 18.8 Å². The number of para-hydroxylation sites is 1. The second-order valence-corrected chi connectivity index (χ2v) is 9.36. The fraction of sp³-hybridized carbons (Fsp3) is 0.333. The zero-order valence-electron chi connectivity index (χ0n) is 16.8. The SMILES string of the molecule is CC(c1nc2ccccc2c(=O)n1C)N1CCN(S(=O)(=O)c2ccc(F)cc2)CC1. The third kappa shape index (κ3) is 3.64. The van der Waals surface area contributed by atoms with Gasteiger partial charge < -0.3 is 0 Å². The summed E-state index contributed by atoms with van der Waals surface area (Å²) < 4.78 is 41.7. The van der Waals surface area contributed by atoms with E-state index in [0.717, 1.165) is 12.1 Å². The van der Waals surface area contributed by atoms with Crippen molar-refractivity contribution in [3.05, 3.63) is 70.5 Å². The molecule has 0 aliphatic carbocycles. The normalized spacial score (nSPS) is 17.3. The highest BCUT2D eigenvalue weighted by atomic mass is 32.2. The van der Waals surface area contributed by atoms with Crippen molar-refractivity contribution >= 4 is 20.9 Å². The Bertz CT molecular complexity index is 1230. The topological polar surface area (TPSA) is 75.5 Å². The molecule has 158 valence electrons. The minimum atomic E-state index is -3.67. The van der Waals surface area contributed by atoms with E-state index in [9.17, 15) is 17.6 Å². The average Bonchev–Trinajstić information content (AvgIpc) is 2.76. The van der Waals surface area contributed by atoms with Crippen LogP contribution in [0.15, 0.2) is 58.2 Å². The molecular formula is C21H23FN4O3S. The van der Waals surface area contributed by atoms with E-state index in [-0.39, 0.29) is 16.5 Å². The molecule has 7 nitrogen and oxygen atoms in total. The van der Waals surface area contributed by atoms with Crippen molar-refractivity contribution in [2.24, 2.45) is 7.05 Å². The summed E-state index contributed by atoms with van der Waals surface area (Å²) in [6, 6.07) is 12.0. The predicted molar refractivity (Wildman–Crippen MR) is 112 cm³/mol. The minimum absolute atomic E-state index is 0.0870. The standard InChI is InChI=1S/C21H23FN4O3S/c1-15(20-23-19-6-4-3-5-18(19)21(27)24(20)2)25-11-13-26(14-12-25)30(28,29)17-9-7-16(22)8-10-17/h3-10,15H,11-14H2,1-2H3. The van der Waals surface area contributed by atoms with Crippen LogP contribution in [0, 0.1) is 5.82 Å². The van der Waals surface area contributed by atoms with Crippen molar-refractivity contribution in [1.82, 2.24) is 18.8 Å². The molecule has 1 aliphatic rings. The van der Waals surface area contributed by atoms with E-state index in [1.54, 1.807) is 17.7 Å². The Kier molecular flexibility index (Phi) is 5.44. The average molecular weight is 431 g/mol. The van der Waals surface area contributed by atoms with Crippen LogP contribution >= 0.6 is 0 Å². The van der Waals surface area contributed by atoms with E-state index < -0.39 is 15.8 Å². The lowest BCUT2D eigenvalue weighted by Crippen LogP contribution is -2.49. The van der Waals surface area contributed by atoms with E-state index >= 15 is 0 Å². The van der Waals surface area contributed by atoms with Gasteiger partial charge in [-0.15, -0.1) is 0 Å². The van der Waals surface area contributed by atoms with Gasteiger partial charge in [-0.2, -0.15) is 4.31 Å². The summed E-state index contributed by atoms with van der Waals surface area (Å²) in [6.07, 6.45) is 0. The van der Waals surface area contributed by atoms with Crippen molar-refractivity contribution in [2.75, 3.05) is 26.2 Å². The van der Waals surface area contributed by atoms with Gasteiger partial charge in [0, 0.05) is 33.2 Å². The molecule has 0 radical (unpaired) electrons. The maximum atomic E-state index is 13.1. The van der Waals surface area contributed by atoms with Crippen LogP contribution in [-0.4, -0.2) is 53.4 Å². The van der Waals surface area contributed by atoms with Gasteiger partial charge in [0.25, 0.3) is 5.56 Å². The first-order valence-electron chi connectivity index (χ1n) is 9.74. The number of piperazine rings is 1. The van der Waals surface area contributed by atoms with Gasteiger partial charge >= 0.3 is 0 Å². The summed E-state index contributed by atoms with van der Waals surface area (Å²) in [5.41, 5.74) is 0.556. The van der Waals surface area contributed by atoms with Gasteiger partial charge in [0.1, 0.15) is 11.6 Å². The Hall–Kier alpha value is -2.62. The van der Waals surface area contributed by atoms with Crippen molar-refractivity contribution in [3.63, 3.8) is 0 Å². The summed E-state index contributed by atoms with van der Waals surface area (Å²) in [5, 5.41) is 0.575. The van der Waals surface area contributed by atoms with Crippen LogP contribution in [0.5, 0.6) is 0 Å². The Labute approximate surface area is 174 Å². The number of benzene rings is 2. The van der Waals surface area contributed by atoms with E-state index in [1.807, 2.05) is 25.1 Å². The molecule has 0 N–H and O–H groups in total. The Morgan fingerprint density at radius 1 is 1.00 bits per heavy atom. The van der Waals surface area contributed by atoms with E-state index in [1.165, 1.54) is 16.4 Å². The predicted octanol–water partition coefficient (Wildman–Crippen LogP) is 2.14. The molecule has 0 spiro atoms. The maximum absolute atomic E-state index is 13.1. The highest BCUT2D eigenvalue weighted by Gasteiger charge is 2.31. The van der Waals surface area contributed by atoms with Crippen LogP contribution in [0.2, 0.25) is 0 Å². The molecule has 9 heteroatoms. The number of hydrogen-bond acceptors (Lipinski definition) is 5. The third-order valence-corrected chi connectivity index (χ3v) is 7.58. The molecule has 1 aromatic heterocycles. The van der Waals surface area contributed by atoms with Crippen LogP contribution in [-0.2, 0) is 17.1 Å². The molecule has 2 heterocycles. The summed E-state index contributed by atoms with van der Waals surface area (Å²) >= 11 is 0. The smallest absolute Gasteiger partial charge is 0.261 e. The van der Waals surface area contributed by atoms with Crippen molar-refractivity contribution in [1.29, 1.82) is 0 Å².